The minimum atomic E-state index is -0.172. The summed E-state index contributed by atoms with van der Waals surface area (Å²) in [6.07, 6.45) is 5.84. The Morgan fingerprint density at radius 1 is 1.11 bits per heavy atom. The lowest BCUT2D eigenvalue weighted by atomic mass is 10.1. The molecule has 5 rings (SSSR count). The Kier molecular flexibility index (Phi) is 6.87. The summed E-state index contributed by atoms with van der Waals surface area (Å²) in [6, 6.07) is 17.0. The number of benzene rings is 2. The SMILES string of the molecule is CCCCOc1ccc(-c2cc3c4nnc(SCC(=O)Nc5ccccc5Cl)n4ccn3n2)cc1. The van der Waals surface area contributed by atoms with E-state index >= 15 is 0 Å². The van der Waals surface area contributed by atoms with E-state index in [1.54, 1.807) is 16.6 Å². The van der Waals surface area contributed by atoms with Gasteiger partial charge in [-0.1, -0.05) is 48.8 Å². The predicted molar refractivity (Wildman–Crippen MR) is 138 cm³/mol. The van der Waals surface area contributed by atoms with Crippen LogP contribution >= 0.6 is 23.4 Å². The van der Waals surface area contributed by atoms with Crippen molar-refractivity contribution >= 4 is 46.1 Å². The zero-order valence-corrected chi connectivity index (χ0v) is 20.6. The molecule has 0 saturated carbocycles. The number of ether oxygens (including phenoxy) is 1. The molecule has 8 nitrogen and oxygen atoms in total. The van der Waals surface area contributed by atoms with Crippen LogP contribution < -0.4 is 10.1 Å². The largest absolute Gasteiger partial charge is 0.494 e. The highest BCUT2D eigenvalue weighted by Crippen LogP contribution is 2.26. The molecule has 0 fully saturated rings. The van der Waals surface area contributed by atoms with Gasteiger partial charge >= 0.3 is 0 Å². The molecule has 0 atom stereocenters. The fourth-order valence-corrected chi connectivity index (χ4v) is 4.47. The van der Waals surface area contributed by atoms with Crippen molar-refractivity contribution in [2.24, 2.45) is 0 Å². The Balaban J connectivity index is 1.31. The average molecular weight is 507 g/mol. The first-order valence-corrected chi connectivity index (χ1v) is 12.6. The molecule has 3 aromatic heterocycles. The third-order valence-electron chi connectivity index (χ3n) is 5.38. The molecule has 0 saturated heterocycles. The van der Waals surface area contributed by atoms with Crippen molar-refractivity contribution in [3.8, 4) is 17.0 Å². The maximum Gasteiger partial charge on any atom is 0.234 e. The molecule has 35 heavy (non-hydrogen) atoms. The quantitative estimate of drug-likeness (QED) is 0.207. The van der Waals surface area contributed by atoms with Gasteiger partial charge in [0.25, 0.3) is 0 Å². The van der Waals surface area contributed by atoms with E-state index in [0.29, 0.717) is 21.5 Å². The van der Waals surface area contributed by atoms with Gasteiger partial charge in [0.2, 0.25) is 5.91 Å². The Bertz CT molecular complexity index is 1480. The number of rotatable bonds is 9. The van der Waals surface area contributed by atoms with Crippen molar-refractivity contribution in [2.75, 3.05) is 17.7 Å². The molecule has 0 radical (unpaired) electrons. The number of para-hydroxylation sites is 1. The van der Waals surface area contributed by atoms with Gasteiger partial charge in [0.05, 0.1) is 28.8 Å². The van der Waals surface area contributed by atoms with E-state index in [9.17, 15) is 4.79 Å². The Labute approximate surface area is 211 Å². The van der Waals surface area contributed by atoms with Gasteiger partial charge < -0.3 is 10.1 Å². The number of thioether (sulfide) groups is 1. The second kappa shape index (κ2) is 10.4. The number of carbonyl (C=O) groups excluding carboxylic acids is 1. The van der Waals surface area contributed by atoms with Crippen molar-refractivity contribution in [1.82, 2.24) is 24.2 Å². The molecule has 0 unspecified atom stereocenters. The zero-order valence-electron chi connectivity index (χ0n) is 19.0. The van der Waals surface area contributed by atoms with Crippen molar-refractivity contribution in [1.29, 1.82) is 0 Å². The van der Waals surface area contributed by atoms with E-state index < -0.39 is 0 Å². The van der Waals surface area contributed by atoms with Crippen LogP contribution in [0.1, 0.15) is 19.8 Å². The number of unbranched alkanes of at least 4 members (excludes halogenated alkanes) is 1. The van der Waals surface area contributed by atoms with E-state index in [0.717, 1.165) is 42.0 Å². The van der Waals surface area contributed by atoms with Gasteiger partial charge in [0, 0.05) is 18.0 Å². The van der Waals surface area contributed by atoms with E-state index in [-0.39, 0.29) is 11.7 Å². The summed E-state index contributed by atoms with van der Waals surface area (Å²) < 4.78 is 9.39. The lowest BCUT2D eigenvalue weighted by molar-refractivity contribution is -0.113. The number of fused-ring (bicyclic) bond motifs is 3. The number of hydrogen-bond acceptors (Lipinski definition) is 6. The molecule has 0 aliphatic heterocycles. The molecule has 0 spiro atoms. The molecule has 0 aliphatic carbocycles. The highest BCUT2D eigenvalue weighted by atomic mass is 35.5. The number of nitrogens with one attached hydrogen (secondary N) is 1. The Hall–Kier alpha value is -3.56. The van der Waals surface area contributed by atoms with Crippen LogP contribution in [-0.2, 0) is 4.79 Å². The van der Waals surface area contributed by atoms with Crippen LogP contribution in [0, 0.1) is 0 Å². The van der Waals surface area contributed by atoms with E-state index in [1.807, 2.05) is 59.3 Å². The molecule has 1 N–H and O–H groups in total. The van der Waals surface area contributed by atoms with Crippen LogP contribution in [0.4, 0.5) is 5.69 Å². The first-order chi connectivity index (χ1) is 17.1. The number of amides is 1. The summed E-state index contributed by atoms with van der Waals surface area (Å²) in [7, 11) is 0. The minimum absolute atomic E-state index is 0.172. The van der Waals surface area contributed by atoms with Crippen LogP contribution in [-0.4, -0.2) is 42.5 Å². The maximum absolute atomic E-state index is 12.4. The molecule has 10 heteroatoms. The molecule has 0 bridgehead atoms. The minimum Gasteiger partial charge on any atom is -0.494 e. The summed E-state index contributed by atoms with van der Waals surface area (Å²) in [6.45, 7) is 2.86. The number of aromatic nitrogens is 5. The average Bonchev–Trinajstić information content (AvgIpc) is 3.49. The highest BCUT2D eigenvalue weighted by Gasteiger charge is 2.14. The van der Waals surface area contributed by atoms with E-state index in [4.69, 9.17) is 16.3 Å². The van der Waals surface area contributed by atoms with Crippen molar-refractivity contribution in [3.63, 3.8) is 0 Å². The number of hydrogen-bond donors (Lipinski definition) is 1. The van der Waals surface area contributed by atoms with Crippen molar-refractivity contribution in [2.45, 2.75) is 24.9 Å². The van der Waals surface area contributed by atoms with Gasteiger partial charge in [-0.25, -0.2) is 4.52 Å². The van der Waals surface area contributed by atoms with Crippen LogP contribution in [0.25, 0.3) is 22.4 Å². The molecule has 0 aliphatic rings. The van der Waals surface area contributed by atoms with Gasteiger partial charge in [0.15, 0.2) is 10.8 Å². The van der Waals surface area contributed by atoms with Crippen LogP contribution in [0.5, 0.6) is 5.75 Å². The molecule has 5 aromatic rings. The summed E-state index contributed by atoms with van der Waals surface area (Å²) in [4.78, 5) is 12.4. The summed E-state index contributed by atoms with van der Waals surface area (Å²) in [5.41, 5.74) is 3.89. The standard InChI is InChI=1S/C25H23ClN6O2S/c1-2-3-14-34-18-10-8-17(9-11-18)21-15-22-24-28-29-25(31(24)12-13-32(22)30-21)35-16-23(33)27-20-7-5-4-6-19(20)26/h4-13,15H,2-3,14,16H2,1H3,(H,27,33). The molecular weight excluding hydrogens is 484 g/mol. The third kappa shape index (κ3) is 5.11. The molecule has 178 valence electrons. The van der Waals surface area contributed by atoms with Gasteiger partial charge in [-0.3, -0.25) is 9.20 Å². The number of halogens is 1. The molecule has 3 heterocycles. The van der Waals surface area contributed by atoms with Crippen molar-refractivity contribution in [3.05, 3.63) is 72.0 Å². The second-order valence-corrected chi connectivity index (χ2v) is 9.23. The third-order valence-corrected chi connectivity index (χ3v) is 6.66. The van der Waals surface area contributed by atoms with Gasteiger partial charge in [-0.15, -0.1) is 10.2 Å². The zero-order chi connectivity index (χ0) is 24.2. The Morgan fingerprint density at radius 3 is 2.74 bits per heavy atom. The predicted octanol–water partition coefficient (Wildman–Crippen LogP) is 5.61. The summed E-state index contributed by atoms with van der Waals surface area (Å²) in [5, 5.41) is 17.2. The number of nitrogens with zero attached hydrogens (tertiary/aromatic N) is 5. The van der Waals surface area contributed by atoms with E-state index in [1.165, 1.54) is 11.8 Å². The lowest BCUT2D eigenvalue weighted by Crippen LogP contribution is -2.14. The normalized spacial score (nSPS) is 11.3. The van der Waals surface area contributed by atoms with Crippen LogP contribution in [0.15, 0.2) is 72.1 Å². The first-order valence-electron chi connectivity index (χ1n) is 11.3. The first kappa shape index (κ1) is 23.2. The van der Waals surface area contributed by atoms with Crippen molar-refractivity contribution < 1.29 is 9.53 Å². The topological polar surface area (TPSA) is 85.8 Å². The Morgan fingerprint density at radius 2 is 1.94 bits per heavy atom. The monoisotopic (exact) mass is 506 g/mol. The fourth-order valence-electron chi connectivity index (χ4n) is 3.57. The lowest BCUT2D eigenvalue weighted by Gasteiger charge is -2.06. The number of carbonyl (C=O) groups is 1. The van der Waals surface area contributed by atoms with Gasteiger partial charge in [0.1, 0.15) is 11.3 Å². The smallest absolute Gasteiger partial charge is 0.234 e. The highest BCUT2D eigenvalue weighted by molar-refractivity contribution is 7.99. The molecular formula is C25H23ClN6O2S. The van der Waals surface area contributed by atoms with Crippen LogP contribution in [0.3, 0.4) is 0 Å². The summed E-state index contributed by atoms with van der Waals surface area (Å²) >= 11 is 7.42. The van der Waals surface area contributed by atoms with Gasteiger partial charge in [-0.2, -0.15) is 5.10 Å². The maximum atomic E-state index is 12.4. The molecule has 2 aromatic carbocycles. The fraction of sp³-hybridized carbons (Fsp3) is 0.200. The van der Waals surface area contributed by atoms with E-state index in [2.05, 4.69) is 27.5 Å². The van der Waals surface area contributed by atoms with Gasteiger partial charge in [-0.05, 0) is 48.9 Å². The summed E-state index contributed by atoms with van der Waals surface area (Å²) in [5.74, 6) is 0.856. The second-order valence-electron chi connectivity index (χ2n) is 7.88. The number of anilines is 1. The van der Waals surface area contributed by atoms with Crippen LogP contribution in [0.2, 0.25) is 5.02 Å². The molecule has 1 amide bonds.